The highest BCUT2D eigenvalue weighted by Gasteiger charge is 2.25. The first-order valence-corrected chi connectivity index (χ1v) is 10.6. The summed E-state index contributed by atoms with van der Waals surface area (Å²) in [6.45, 7) is 11.9. The second-order valence-electron chi connectivity index (χ2n) is 8.73. The molecule has 0 saturated carbocycles. The molecule has 0 saturated heterocycles. The van der Waals surface area contributed by atoms with Crippen LogP contribution < -0.4 is 0 Å². The molecule has 0 aliphatic heterocycles. The summed E-state index contributed by atoms with van der Waals surface area (Å²) in [5.74, 6) is -0.396. The first-order chi connectivity index (χ1) is 15.1. The largest absolute Gasteiger partial charge is 0.507 e. The number of carbonyl (C=O) groups is 2. The lowest BCUT2D eigenvalue weighted by Gasteiger charge is -2.21. The number of aromatic hydroxyl groups is 2. The minimum absolute atomic E-state index is 0.145. The van der Waals surface area contributed by atoms with Crippen LogP contribution in [0.5, 0.6) is 11.5 Å². The van der Waals surface area contributed by atoms with E-state index < -0.39 is 0 Å². The van der Waals surface area contributed by atoms with Crippen molar-refractivity contribution in [3.8, 4) is 22.6 Å². The van der Waals surface area contributed by atoms with Gasteiger partial charge in [0.1, 0.15) is 11.5 Å². The van der Waals surface area contributed by atoms with Crippen molar-refractivity contribution in [3.05, 3.63) is 68.8 Å². The highest BCUT2D eigenvalue weighted by Crippen LogP contribution is 2.49. The molecule has 0 heterocycles. The van der Waals surface area contributed by atoms with Crippen molar-refractivity contribution in [2.75, 3.05) is 0 Å². The smallest absolute Gasteiger partial charge is 0.153 e. The molecule has 4 rings (SSSR count). The summed E-state index contributed by atoms with van der Waals surface area (Å²) in [6.07, 6.45) is 1.25. The molecule has 32 heavy (non-hydrogen) atoms. The highest BCUT2D eigenvalue weighted by molar-refractivity contribution is 6.16. The number of aryl methyl sites for hydroxylation is 6. The third kappa shape index (κ3) is 2.90. The fourth-order valence-corrected chi connectivity index (χ4v) is 4.90. The van der Waals surface area contributed by atoms with E-state index in [0.717, 1.165) is 54.9 Å². The van der Waals surface area contributed by atoms with Crippen LogP contribution in [-0.2, 0) is 0 Å². The minimum atomic E-state index is -0.198. The Balaban J connectivity index is 2.40. The van der Waals surface area contributed by atoms with Gasteiger partial charge in [0, 0.05) is 11.1 Å². The van der Waals surface area contributed by atoms with Crippen molar-refractivity contribution in [3.63, 3.8) is 0 Å². The second kappa shape index (κ2) is 7.49. The van der Waals surface area contributed by atoms with E-state index in [4.69, 9.17) is 0 Å². The molecule has 0 aliphatic rings. The molecule has 162 valence electrons. The number of rotatable bonds is 3. The molecule has 0 unspecified atom stereocenters. The molecule has 4 aromatic carbocycles. The van der Waals surface area contributed by atoms with E-state index >= 15 is 0 Å². The summed E-state index contributed by atoms with van der Waals surface area (Å²) in [4.78, 5) is 23.8. The zero-order valence-electron chi connectivity index (χ0n) is 19.2. The van der Waals surface area contributed by atoms with Gasteiger partial charge >= 0.3 is 0 Å². The molecule has 2 N–H and O–H groups in total. The number of hydrogen-bond acceptors (Lipinski definition) is 4. The van der Waals surface area contributed by atoms with E-state index in [2.05, 4.69) is 0 Å². The average molecular weight is 427 g/mol. The number of aldehydes is 2. The molecular formula is C28H26O4. The maximum atomic E-state index is 11.9. The van der Waals surface area contributed by atoms with Crippen LogP contribution in [0.1, 0.15) is 54.1 Å². The van der Waals surface area contributed by atoms with Crippen LogP contribution in [-0.4, -0.2) is 22.8 Å². The molecule has 4 heteroatoms. The van der Waals surface area contributed by atoms with Crippen LogP contribution in [0.25, 0.3) is 32.7 Å². The second-order valence-corrected chi connectivity index (χ2v) is 8.73. The molecular weight excluding hydrogens is 400 g/mol. The summed E-state index contributed by atoms with van der Waals surface area (Å²) < 4.78 is 0. The summed E-state index contributed by atoms with van der Waals surface area (Å²) in [6, 6.07) is 7.46. The summed E-state index contributed by atoms with van der Waals surface area (Å²) in [5, 5.41) is 25.7. The van der Waals surface area contributed by atoms with E-state index in [1.165, 1.54) is 0 Å². The van der Waals surface area contributed by atoms with Crippen LogP contribution in [0.2, 0.25) is 0 Å². The van der Waals surface area contributed by atoms with E-state index in [-0.39, 0.29) is 22.6 Å². The van der Waals surface area contributed by atoms with Crippen molar-refractivity contribution in [2.24, 2.45) is 0 Å². The Kier molecular flexibility index (Phi) is 5.04. The van der Waals surface area contributed by atoms with Crippen LogP contribution in [0, 0.1) is 41.5 Å². The fourth-order valence-electron chi connectivity index (χ4n) is 4.90. The van der Waals surface area contributed by atoms with Gasteiger partial charge in [-0.2, -0.15) is 0 Å². The number of hydrogen-bond donors (Lipinski definition) is 2. The zero-order valence-corrected chi connectivity index (χ0v) is 19.2. The quantitative estimate of drug-likeness (QED) is 0.364. The summed E-state index contributed by atoms with van der Waals surface area (Å²) in [5.41, 5.74) is 7.00. The molecule has 0 amide bonds. The minimum Gasteiger partial charge on any atom is -0.507 e. The lowest BCUT2D eigenvalue weighted by molar-refractivity contribution is 0.111. The SMILES string of the molecule is Cc1cc(C)c2c(-c3c(O)c(C=O)cc4c(C)c(C)cc(C)c34)c(O)c(C=O)cc2c1C. The normalized spacial score (nSPS) is 11.3. The van der Waals surface area contributed by atoms with Gasteiger partial charge in [-0.1, -0.05) is 12.1 Å². The van der Waals surface area contributed by atoms with Crippen molar-refractivity contribution in [1.29, 1.82) is 0 Å². The van der Waals surface area contributed by atoms with E-state index in [1.54, 1.807) is 12.1 Å². The van der Waals surface area contributed by atoms with Gasteiger partial charge in [0.15, 0.2) is 12.6 Å². The maximum Gasteiger partial charge on any atom is 0.153 e. The Morgan fingerprint density at radius 3 is 1.22 bits per heavy atom. The van der Waals surface area contributed by atoms with Gasteiger partial charge in [0.05, 0.1) is 11.1 Å². The Hall–Kier alpha value is -3.66. The number of phenolic OH excluding ortho intramolecular Hbond substituents is 2. The van der Waals surface area contributed by atoms with Crippen molar-refractivity contribution >= 4 is 34.1 Å². The number of fused-ring (bicyclic) bond motifs is 2. The Labute approximate surface area is 187 Å². The molecule has 0 radical (unpaired) electrons. The van der Waals surface area contributed by atoms with Crippen LogP contribution >= 0.6 is 0 Å². The monoisotopic (exact) mass is 426 g/mol. The molecule has 4 aromatic rings. The number of phenols is 2. The van der Waals surface area contributed by atoms with E-state index in [0.29, 0.717) is 23.7 Å². The summed E-state index contributed by atoms with van der Waals surface area (Å²) in [7, 11) is 0. The van der Waals surface area contributed by atoms with Gasteiger partial charge in [-0.25, -0.2) is 0 Å². The predicted molar refractivity (Wildman–Crippen MR) is 129 cm³/mol. The van der Waals surface area contributed by atoms with Crippen LogP contribution in [0.4, 0.5) is 0 Å². The molecule has 0 aromatic heterocycles. The Morgan fingerprint density at radius 1 is 0.562 bits per heavy atom. The third-order valence-corrected chi connectivity index (χ3v) is 6.81. The van der Waals surface area contributed by atoms with Gasteiger partial charge < -0.3 is 10.2 Å². The molecule has 0 atom stereocenters. The topological polar surface area (TPSA) is 74.6 Å². The first kappa shape index (κ1) is 21.6. The molecule has 4 nitrogen and oxygen atoms in total. The predicted octanol–water partition coefficient (Wildman–Crippen LogP) is 6.55. The Morgan fingerprint density at radius 2 is 0.906 bits per heavy atom. The lowest BCUT2D eigenvalue weighted by atomic mass is 9.83. The number of benzene rings is 4. The fraction of sp³-hybridized carbons (Fsp3) is 0.214. The van der Waals surface area contributed by atoms with Gasteiger partial charge in [-0.15, -0.1) is 0 Å². The third-order valence-electron chi connectivity index (χ3n) is 6.81. The standard InChI is InChI=1S/C28H26O4/c1-13-7-15(3)23-21(17(13)5)9-19(11-29)27(31)25(23)26-24-16(4)8-14(2)18(6)22(24)10-20(12-30)28(26)32/h7-12,31-32H,1-6H3. The van der Waals surface area contributed by atoms with E-state index in [1.807, 2.05) is 53.7 Å². The van der Waals surface area contributed by atoms with Crippen molar-refractivity contribution < 1.29 is 19.8 Å². The molecule has 0 bridgehead atoms. The summed E-state index contributed by atoms with van der Waals surface area (Å²) >= 11 is 0. The van der Waals surface area contributed by atoms with Crippen molar-refractivity contribution in [1.82, 2.24) is 0 Å². The van der Waals surface area contributed by atoms with E-state index in [9.17, 15) is 19.8 Å². The molecule has 0 aliphatic carbocycles. The highest BCUT2D eigenvalue weighted by atomic mass is 16.3. The average Bonchev–Trinajstić information content (AvgIpc) is 2.75. The van der Waals surface area contributed by atoms with Gasteiger partial charge in [0.2, 0.25) is 0 Å². The van der Waals surface area contributed by atoms with Crippen LogP contribution in [0.15, 0.2) is 24.3 Å². The molecule has 0 fully saturated rings. The lowest BCUT2D eigenvalue weighted by Crippen LogP contribution is -1.99. The van der Waals surface area contributed by atoms with Crippen molar-refractivity contribution in [2.45, 2.75) is 41.5 Å². The zero-order chi connectivity index (χ0) is 23.5. The van der Waals surface area contributed by atoms with Crippen LogP contribution in [0.3, 0.4) is 0 Å². The Bertz CT molecular complexity index is 1360. The maximum absolute atomic E-state index is 11.9. The first-order valence-electron chi connectivity index (χ1n) is 10.6. The number of carbonyl (C=O) groups excluding carboxylic acids is 2. The van der Waals surface area contributed by atoms with Gasteiger partial charge in [-0.05, 0) is 109 Å². The molecule has 0 spiro atoms. The van der Waals surface area contributed by atoms with Gasteiger partial charge in [0.25, 0.3) is 0 Å². The van der Waals surface area contributed by atoms with Gasteiger partial charge in [-0.3, -0.25) is 9.59 Å².